The first-order valence-corrected chi connectivity index (χ1v) is 5.92. The number of hydrogen-bond acceptors (Lipinski definition) is 1. The molecule has 0 N–H and O–H groups in total. The van der Waals surface area contributed by atoms with Crippen LogP contribution in [0, 0.1) is 11.8 Å². The molecule has 0 unspecified atom stereocenters. The molecule has 0 aliphatic rings. The van der Waals surface area contributed by atoms with Crippen LogP contribution < -0.4 is 4.74 Å². The van der Waals surface area contributed by atoms with Gasteiger partial charge in [0.05, 0.1) is 6.61 Å². The summed E-state index contributed by atoms with van der Waals surface area (Å²) >= 11 is 0. The van der Waals surface area contributed by atoms with E-state index in [1.165, 1.54) is 11.1 Å². The predicted octanol–water partition coefficient (Wildman–Crippen LogP) is 4.39. The minimum atomic E-state index is 0.488. The van der Waals surface area contributed by atoms with Crippen molar-refractivity contribution in [1.29, 1.82) is 0 Å². The zero-order valence-electron chi connectivity index (χ0n) is 10.8. The summed E-state index contributed by atoms with van der Waals surface area (Å²) in [6.45, 7) is 13.5. The Kier molecular flexibility index (Phi) is 4.60. The van der Waals surface area contributed by atoms with Crippen LogP contribution in [0.25, 0.3) is 5.57 Å². The van der Waals surface area contributed by atoms with Crippen LogP contribution in [0.2, 0.25) is 0 Å². The summed E-state index contributed by atoms with van der Waals surface area (Å²) in [5.74, 6) is 1.99. The molecule has 16 heavy (non-hydrogen) atoms. The predicted molar refractivity (Wildman–Crippen MR) is 70.6 cm³/mol. The van der Waals surface area contributed by atoms with E-state index >= 15 is 0 Å². The van der Waals surface area contributed by atoms with Crippen LogP contribution in [0.3, 0.4) is 0 Å². The molecule has 1 aromatic rings. The number of rotatable bonds is 5. The molecule has 1 nitrogen and oxygen atoms in total. The molecule has 0 amide bonds. The standard InChI is InChI=1S/C15H22O/c1-11(2)10-16-15-8-6-14(7-9-15)13(5)12(3)4/h6-9,11-12H,5,10H2,1-4H3. The average Bonchev–Trinajstić information content (AvgIpc) is 2.26. The number of benzene rings is 1. The molecule has 0 spiro atoms. The van der Waals surface area contributed by atoms with Crippen LogP contribution in [0.4, 0.5) is 0 Å². The molecule has 88 valence electrons. The Bertz CT molecular complexity index is 333. The van der Waals surface area contributed by atoms with E-state index in [9.17, 15) is 0 Å². The Balaban J connectivity index is 2.64. The summed E-state index contributed by atoms with van der Waals surface area (Å²) in [5.41, 5.74) is 2.38. The first-order valence-electron chi connectivity index (χ1n) is 5.92. The highest BCUT2D eigenvalue weighted by molar-refractivity contribution is 5.65. The average molecular weight is 218 g/mol. The molecular formula is C15H22O. The molecule has 0 atom stereocenters. The molecule has 0 aliphatic carbocycles. The Hall–Kier alpha value is -1.24. The van der Waals surface area contributed by atoms with Gasteiger partial charge in [0, 0.05) is 0 Å². The summed E-state index contributed by atoms with van der Waals surface area (Å²) in [5, 5.41) is 0. The van der Waals surface area contributed by atoms with Crippen molar-refractivity contribution in [3.63, 3.8) is 0 Å². The van der Waals surface area contributed by atoms with Crippen molar-refractivity contribution < 1.29 is 4.74 Å². The van der Waals surface area contributed by atoms with Crippen LogP contribution in [0.1, 0.15) is 33.3 Å². The van der Waals surface area contributed by atoms with Crippen LogP contribution in [-0.4, -0.2) is 6.61 Å². The van der Waals surface area contributed by atoms with Crippen molar-refractivity contribution >= 4 is 5.57 Å². The van der Waals surface area contributed by atoms with Crippen molar-refractivity contribution in [3.05, 3.63) is 36.4 Å². The van der Waals surface area contributed by atoms with Gasteiger partial charge in [0.1, 0.15) is 5.75 Å². The summed E-state index contributed by atoms with van der Waals surface area (Å²) in [6.07, 6.45) is 0. The SMILES string of the molecule is C=C(c1ccc(OCC(C)C)cc1)C(C)C. The van der Waals surface area contributed by atoms with Crippen LogP contribution in [0.5, 0.6) is 5.75 Å². The molecule has 1 rings (SSSR count). The van der Waals surface area contributed by atoms with Crippen molar-refractivity contribution in [1.82, 2.24) is 0 Å². The minimum Gasteiger partial charge on any atom is -0.493 e. The number of allylic oxidation sites excluding steroid dienone is 1. The lowest BCUT2D eigenvalue weighted by molar-refractivity contribution is 0.271. The topological polar surface area (TPSA) is 9.23 Å². The highest BCUT2D eigenvalue weighted by atomic mass is 16.5. The quantitative estimate of drug-likeness (QED) is 0.712. The highest BCUT2D eigenvalue weighted by Gasteiger charge is 2.04. The maximum Gasteiger partial charge on any atom is 0.119 e. The van der Waals surface area contributed by atoms with Crippen LogP contribution >= 0.6 is 0 Å². The summed E-state index contributed by atoms with van der Waals surface area (Å²) in [6, 6.07) is 8.20. The minimum absolute atomic E-state index is 0.488. The Morgan fingerprint density at radius 2 is 1.69 bits per heavy atom. The van der Waals surface area contributed by atoms with Gasteiger partial charge in [0.15, 0.2) is 0 Å². The second-order valence-electron chi connectivity index (χ2n) is 4.91. The molecule has 0 bridgehead atoms. The largest absolute Gasteiger partial charge is 0.493 e. The molecule has 0 fully saturated rings. The maximum atomic E-state index is 5.63. The molecular weight excluding hydrogens is 196 g/mol. The third-order valence-electron chi connectivity index (χ3n) is 2.51. The molecule has 0 saturated carbocycles. The fourth-order valence-electron chi connectivity index (χ4n) is 1.36. The van der Waals surface area contributed by atoms with Gasteiger partial charge in [-0.15, -0.1) is 0 Å². The fraction of sp³-hybridized carbons (Fsp3) is 0.467. The van der Waals surface area contributed by atoms with E-state index in [1.807, 2.05) is 12.1 Å². The summed E-state index contributed by atoms with van der Waals surface area (Å²) in [4.78, 5) is 0. The van der Waals surface area contributed by atoms with E-state index in [0.29, 0.717) is 11.8 Å². The third kappa shape index (κ3) is 3.73. The fourth-order valence-corrected chi connectivity index (χ4v) is 1.36. The molecule has 0 heterocycles. The zero-order valence-corrected chi connectivity index (χ0v) is 10.8. The van der Waals surface area contributed by atoms with E-state index in [1.54, 1.807) is 0 Å². The van der Waals surface area contributed by atoms with Crippen molar-refractivity contribution in [2.24, 2.45) is 11.8 Å². The van der Waals surface area contributed by atoms with E-state index in [0.717, 1.165) is 12.4 Å². The second-order valence-corrected chi connectivity index (χ2v) is 4.91. The molecule has 1 heteroatoms. The smallest absolute Gasteiger partial charge is 0.119 e. The van der Waals surface area contributed by atoms with Gasteiger partial charge in [0.25, 0.3) is 0 Å². The van der Waals surface area contributed by atoms with Crippen LogP contribution in [-0.2, 0) is 0 Å². The van der Waals surface area contributed by atoms with Gasteiger partial charge >= 0.3 is 0 Å². The monoisotopic (exact) mass is 218 g/mol. The first-order chi connectivity index (χ1) is 7.50. The van der Waals surface area contributed by atoms with Crippen molar-refractivity contribution in [3.8, 4) is 5.75 Å². The maximum absolute atomic E-state index is 5.63. The number of hydrogen-bond donors (Lipinski definition) is 0. The lowest BCUT2D eigenvalue weighted by Gasteiger charge is -2.12. The van der Waals surface area contributed by atoms with Gasteiger partial charge < -0.3 is 4.74 Å². The van der Waals surface area contributed by atoms with Crippen molar-refractivity contribution in [2.75, 3.05) is 6.61 Å². The Labute approximate surface area is 99.1 Å². The van der Waals surface area contributed by atoms with Gasteiger partial charge in [-0.25, -0.2) is 0 Å². The second kappa shape index (κ2) is 5.74. The van der Waals surface area contributed by atoms with E-state index in [4.69, 9.17) is 4.74 Å². The van der Waals surface area contributed by atoms with Gasteiger partial charge in [-0.05, 0) is 35.1 Å². The molecule has 0 aromatic heterocycles. The van der Waals surface area contributed by atoms with Gasteiger partial charge in [-0.3, -0.25) is 0 Å². The van der Waals surface area contributed by atoms with Gasteiger partial charge in [-0.2, -0.15) is 0 Å². The van der Waals surface area contributed by atoms with E-state index in [2.05, 4.69) is 46.4 Å². The number of ether oxygens (including phenoxy) is 1. The lowest BCUT2D eigenvalue weighted by Crippen LogP contribution is -2.04. The molecule has 0 radical (unpaired) electrons. The third-order valence-corrected chi connectivity index (χ3v) is 2.51. The lowest BCUT2D eigenvalue weighted by atomic mass is 9.97. The van der Waals surface area contributed by atoms with Crippen molar-refractivity contribution in [2.45, 2.75) is 27.7 Å². The van der Waals surface area contributed by atoms with E-state index in [-0.39, 0.29) is 0 Å². The summed E-state index contributed by atoms with van der Waals surface area (Å²) < 4.78 is 5.63. The Morgan fingerprint density at radius 1 is 1.12 bits per heavy atom. The molecule has 0 saturated heterocycles. The van der Waals surface area contributed by atoms with Crippen LogP contribution in [0.15, 0.2) is 30.8 Å². The summed E-state index contributed by atoms with van der Waals surface area (Å²) in [7, 11) is 0. The van der Waals surface area contributed by atoms with Gasteiger partial charge in [-0.1, -0.05) is 46.4 Å². The normalized spacial score (nSPS) is 10.9. The van der Waals surface area contributed by atoms with E-state index < -0.39 is 0 Å². The highest BCUT2D eigenvalue weighted by Crippen LogP contribution is 2.23. The first kappa shape index (κ1) is 12.8. The molecule has 1 aromatic carbocycles. The zero-order chi connectivity index (χ0) is 12.1. The Morgan fingerprint density at radius 3 is 2.12 bits per heavy atom. The molecule has 0 aliphatic heterocycles. The van der Waals surface area contributed by atoms with Gasteiger partial charge in [0.2, 0.25) is 0 Å².